The molecular formula is C19H12ClNO. The molecule has 0 amide bonds. The van der Waals surface area contributed by atoms with Crippen molar-refractivity contribution in [1.82, 2.24) is 0 Å². The van der Waals surface area contributed by atoms with E-state index in [0.29, 0.717) is 22.1 Å². The number of nitriles is 1. The smallest absolute Gasteiger partial charge is 0.136 e. The highest BCUT2D eigenvalue weighted by atomic mass is 35.5. The van der Waals surface area contributed by atoms with Gasteiger partial charge in [-0.3, -0.25) is 0 Å². The zero-order valence-corrected chi connectivity index (χ0v) is 12.4. The second-order valence-electron chi connectivity index (χ2n) is 4.72. The van der Waals surface area contributed by atoms with E-state index in [2.05, 4.69) is 6.07 Å². The zero-order chi connectivity index (χ0) is 15.4. The van der Waals surface area contributed by atoms with E-state index in [1.807, 2.05) is 66.7 Å². The number of furan rings is 1. The summed E-state index contributed by atoms with van der Waals surface area (Å²) >= 11 is 6.17. The first-order valence-corrected chi connectivity index (χ1v) is 7.17. The van der Waals surface area contributed by atoms with Crippen LogP contribution >= 0.6 is 11.6 Å². The number of hydrogen-bond acceptors (Lipinski definition) is 2. The third-order valence-electron chi connectivity index (χ3n) is 3.26. The first-order chi connectivity index (χ1) is 10.8. The molecule has 0 aliphatic heterocycles. The molecule has 3 aromatic rings. The van der Waals surface area contributed by atoms with Crippen molar-refractivity contribution in [2.45, 2.75) is 0 Å². The van der Waals surface area contributed by atoms with Crippen molar-refractivity contribution in [3.63, 3.8) is 0 Å². The first-order valence-electron chi connectivity index (χ1n) is 6.80. The summed E-state index contributed by atoms with van der Waals surface area (Å²) < 4.78 is 5.79. The van der Waals surface area contributed by atoms with Crippen LogP contribution in [0.4, 0.5) is 0 Å². The lowest BCUT2D eigenvalue weighted by atomic mass is 10.1. The largest absolute Gasteiger partial charge is 0.457 e. The third-order valence-corrected chi connectivity index (χ3v) is 3.59. The summed E-state index contributed by atoms with van der Waals surface area (Å²) in [6, 6.07) is 22.9. The van der Waals surface area contributed by atoms with Crippen molar-refractivity contribution in [2.75, 3.05) is 0 Å². The molecule has 0 saturated carbocycles. The first kappa shape index (κ1) is 14.2. The van der Waals surface area contributed by atoms with Crippen LogP contribution in [-0.4, -0.2) is 0 Å². The Morgan fingerprint density at radius 3 is 2.41 bits per heavy atom. The van der Waals surface area contributed by atoms with E-state index in [-0.39, 0.29) is 0 Å². The average molecular weight is 306 g/mol. The van der Waals surface area contributed by atoms with Crippen LogP contribution in [-0.2, 0) is 0 Å². The Morgan fingerprint density at radius 2 is 1.68 bits per heavy atom. The zero-order valence-electron chi connectivity index (χ0n) is 11.7. The average Bonchev–Trinajstić information content (AvgIpc) is 3.02. The van der Waals surface area contributed by atoms with E-state index in [9.17, 15) is 5.26 Å². The lowest BCUT2D eigenvalue weighted by Gasteiger charge is -1.99. The third kappa shape index (κ3) is 2.95. The molecule has 2 nitrogen and oxygen atoms in total. The molecule has 0 aliphatic carbocycles. The second-order valence-corrected chi connectivity index (χ2v) is 5.12. The highest BCUT2D eigenvalue weighted by Gasteiger charge is 2.08. The number of hydrogen-bond donors (Lipinski definition) is 0. The van der Waals surface area contributed by atoms with E-state index in [1.54, 1.807) is 6.08 Å². The summed E-state index contributed by atoms with van der Waals surface area (Å²) in [4.78, 5) is 0. The fraction of sp³-hybridized carbons (Fsp3) is 0. The molecule has 0 N–H and O–H groups in total. The van der Waals surface area contributed by atoms with Crippen LogP contribution in [0.15, 0.2) is 71.1 Å². The summed E-state index contributed by atoms with van der Waals surface area (Å²) in [6.45, 7) is 0. The number of halogens is 1. The molecule has 0 fully saturated rings. The van der Waals surface area contributed by atoms with Gasteiger partial charge in [-0.25, -0.2) is 0 Å². The summed E-state index contributed by atoms with van der Waals surface area (Å²) in [7, 11) is 0. The van der Waals surface area contributed by atoms with Crippen LogP contribution < -0.4 is 0 Å². The Bertz CT molecular complexity index is 856. The minimum Gasteiger partial charge on any atom is -0.457 e. The number of nitrogens with zero attached hydrogens (tertiary/aromatic N) is 1. The van der Waals surface area contributed by atoms with Crippen LogP contribution in [0, 0.1) is 11.3 Å². The lowest BCUT2D eigenvalue weighted by Crippen LogP contribution is -1.79. The highest BCUT2D eigenvalue weighted by molar-refractivity contribution is 6.33. The fourth-order valence-electron chi connectivity index (χ4n) is 2.18. The monoisotopic (exact) mass is 305 g/mol. The molecule has 106 valence electrons. The molecule has 0 bridgehead atoms. The van der Waals surface area contributed by atoms with Gasteiger partial charge in [0, 0.05) is 5.56 Å². The van der Waals surface area contributed by atoms with E-state index in [0.717, 1.165) is 11.1 Å². The second kappa shape index (κ2) is 6.34. The Balaban J connectivity index is 1.96. The van der Waals surface area contributed by atoms with Crippen LogP contribution in [0.25, 0.3) is 23.0 Å². The molecule has 2 aromatic carbocycles. The van der Waals surface area contributed by atoms with E-state index < -0.39 is 0 Å². The van der Waals surface area contributed by atoms with Gasteiger partial charge in [0.05, 0.1) is 16.7 Å². The maximum Gasteiger partial charge on any atom is 0.136 e. The molecule has 1 aromatic heterocycles. The minimum absolute atomic E-state index is 0.556. The molecule has 3 rings (SSSR count). The maximum atomic E-state index is 9.33. The molecule has 1 heterocycles. The SMILES string of the molecule is N#C/C(=C\c1ccc(-c2ccccc2Cl)o1)c1ccccc1. The molecule has 0 unspecified atom stereocenters. The van der Waals surface area contributed by atoms with Gasteiger partial charge in [-0.15, -0.1) is 0 Å². The molecule has 0 spiro atoms. The standard InChI is InChI=1S/C19H12ClNO/c20-18-9-5-4-8-17(18)19-11-10-16(22-19)12-15(13-21)14-6-2-1-3-7-14/h1-12H/b15-12+. The van der Waals surface area contributed by atoms with Crippen molar-refractivity contribution >= 4 is 23.3 Å². The van der Waals surface area contributed by atoms with Gasteiger partial charge in [-0.05, 0) is 35.9 Å². The Labute approximate surface area is 133 Å². The Hall–Kier alpha value is -2.76. The van der Waals surface area contributed by atoms with Crippen molar-refractivity contribution in [2.24, 2.45) is 0 Å². The van der Waals surface area contributed by atoms with Gasteiger partial charge in [0.1, 0.15) is 11.5 Å². The summed E-state index contributed by atoms with van der Waals surface area (Å²) in [5.74, 6) is 1.30. The van der Waals surface area contributed by atoms with E-state index in [4.69, 9.17) is 16.0 Å². The highest BCUT2D eigenvalue weighted by Crippen LogP contribution is 2.30. The van der Waals surface area contributed by atoms with Crippen LogP contribution in [0.5, 0.6) is 0 Å². The Morgan fingerprint density at radius 1 is 0.955 bits per heavy atom. The fourth-order valence-corrected chi connectivity index (χ4v) is 2.41. The molecular weight excluding hydrogens is 294 g/mol. The van der Waals surface area contributed by atoms with Crippen molar-refractivity contribution < 1.29 is 4.42 Å². The number of benzene rings is 2. The molecule has 0 radical (unpaired) electrons. The van der Waals surface area contributed by atoms with Crippen molar-refractivity contribution in [3.8, 4) is 17.4 Å². The summed E-state index contributed by atoms with van der Waals surface area (Å²) in [6.07, 6.45) is 1.73. The lowest BCUT2D eigenvalue weighted by molar-refractivity contribution is 0.572. The molecule has 3 heteroatoms. The van der Waals surface area contributed by atoms with Crippen LogP contribution in [0.3, 0.4) is 0 Å². The van der Waals surface area contributed by atoms with Gasteiger partial charge >= 0.3 is 0 Å². The van der Waals surface area contributed by atoms with Crippen LogP contribution in [0.2, 0.25) is 5.02 Å². The van der Waals surface area contributed by atoms with Gasteiger partial charge < -0.3 is 4.42 Å². The van der Waals surface area contributed by atoms with Gasteiger partial charge in [-0.1, -0.05) is 54.1 Å². The van der Waals surface area contributed by atoms with Gasteiger partial charge in [-0.2, -0.15) is 5.26 Å². The van der Waals surface area contributed by atoms with E-state index >= 15 is 0 Å². The number of rotatable bonds is 3. The predicted octanol–water partition coefficient (Wildman–Crippen LogP) is 5.66. The Kier molecular flexibility index (Phi) is 4.09. The molecule has 0 atom stereocenters. The van der Waals surface area contributed by atoms with Crippen molar-refractivity contribution in [3.05, 3.63) is 83.1 Å². The van der Waals surface area contributed by atoms with E-state index in [1.165, 1.54) is 0 Å². The van der Waals surface area contributed by atoms with Crippen LogP contribution in [0.1, 0.15) is 11.3 Å². The number of allylic oxidation sites excluding steroid dienone is 1. The van der Waals surface area contributed by atoms with Gasteiger partial charge in [0.15, 0.2) is 0 Å². The maximum absolute atomic E-state index is 9.33. The molecule has 0 aliphatic rings. The van der Waals surface area contributed by atoms with Gasteiger partial charge in [0.25, 0.3) is 0 Å². The topological polar surface area (TPSA) is 36.9 Å². The molecule has 0 saturated heterocycles. The van der Waals surface area contributed by atoms with Crippen molar-refractivity contribution in [1.29, 1.82) is 5.26 Å². The summed E-state index contributed by atoms with van der Waals surface area (Å²) in [5, 5.41) is 9.96. The predicted molar refractivity (Wildman–Crippen MR) is 89.1 cm³/mol. The minimum atomic E-state index is 0.556. The normalized spacial score (nSPS) is 11.2. The molecule has 22 heavy (non-hydrogen) atoms. The summed E-state index contributed by atoms with van der Waals surface area (Å²) in [5.41, 5.74) is 2.25. The van der Waals surface area contributed by atoms with Gasteiger partial charge in [0.2, 0.25) is 0 Å². The quantitative estimate of drug-likeness (QED) is 0.585.